The number of nitrogens with one attached hydrogen (secondary N) is 1. The first-order valence-electron chi connectivity index (χ1n) is 6.50. The van der Waals surface area contributed by atoms with Gasteiger partial charge in [0, 0.05) is 25.3 Å². The van der Waals surface area contributed by atoms with Crippen molar-refractivity contribution in [3.63, 3.8) is 0 Å². The van der Waals surface area contributed by atoms with Crippen molar-refractivity contribution in [1.29, 1.82) is 0 Å². The van der Waals surface area contributed by atoms with Gasteiger partial charge >= 0.3 is 5.00 Å². The molecule has 1 aliphatic carbocycles. The summed E-state index contributed by atoms with van der Waals surface area (Å²) in [7, 11) is 0. The summed E-state index contributed by atoms with van der Waals surface area (Å²) >= 11 is 0.734. The van der Waals surface area contributed by atoms with Gasteiger partial charge in [0.05, 0.1) is 27.2 Å². The zero-order valence-corrected chi connectivity index (χ0v) is 11.8. The van der Waals surface area contributed by atoms with E-state index in [2.05, 4.69) is 5.32 Å². The van der Waals surface area contributed by atoms with E-state index in [4.69, 9.17) is 4.74 Å². The lowest BCUT2D eigenvalue weighted by Crippen LogP contribution is -2.31. The molecule has 2 aliphatic rings. The van der Waals surface area contributed by atoms with Crippen LogP contribution >= 0.6 is 11.3 Å². The zero-order chi connectivity index (χ0) is 15.0. The lowest BCUT2D eigenvalue weighted by atomic mass is 10.0. The Bertz CT molecular complexity index is 658. The number of thiophene rings is 1. The molecule has 1 atom stereocenters. The Kier molecular flexibility index (Phi) is 3.56. The fraction of sp³-hybridized carbons (Fsp3) is 0.385. The minimum absolute atomic E-state index is 0.0343. The van der Waals surface area contributed by atoms with E-state index in [0.717, 1.165) is 24.2 Å². The fourth-order valence-electron chi connectivity index (χ4n) is 2.39. The van der Waals surface area contributed by atoms with Gasteiger partial charge in [0.25, 0.3) is 0 Å². The minimum atomic E-state index is -0.594. The second-order valence-corrected chi connectivity index (χ2v) is 5.88. The Hall–Kier alpha value is -2.06. The number of Topliss-reactive ketones (excluding diaryl/α,β-unsaturated/α-hetero) is 1. The van der Waals surface area contributed by atoms with Crippen molar-refractivity contribution in [2.45, 2.75) is 18.9 Å². The summed E-state index contributed by atoms with van der Waals surface area (Å²) in [5, 5.41) is 13.5. The second-order valence-electron chi connectivity index (χ2n) is 4.85. The summed E-state index contributed by atoms with van der Waals surface area (Å²) in [6.07, 6.45) is 3.14. The van der Waals surface area contributed by atoms with E-state index in [-0.39, 0.29) is 38.8 Å². The van der Waals surface area contributed by atoms with E-state index in [0.29, 0.717) is 13.2 Å². The van der Waals surface area contributed by atoms with Crippen molar-refractivity contribution in [3.05, 3.63) is 38.4 Å². The topological polar surface area (TPSA) is 98.5 Å². The smallest absolute Gasteiger partial charge is 0.325 e. The normalized spacial score (nSPS) is 21.1. The molecule has 1 N–H and O–H groups in total. The average Bonchev–Trinajstić information content (AvgIpc) is 3.10. The molecule has 0 amide bonds. The number of ketones is 2. The molecule has 1 aromatic heterocycles. The number of carbonyl (C=O) groups excluding carboxylic acids is 2. The molecule has 3 rings (SSSR count). The van der Waals surface area contributed by atoms with Gasteiger partial charge in [0.2, 0.25) is 5.78 Å². The van der Waals surface area contributed by atoms with Crippen LogP contribution in [0.15, 0.2) is 17.8 Å². The van der Waals surface area contributed by atoms with Crippen LogP contribution in [0.5, 0.6) is 0 Å². The largest absolute Gasteiger partial charge is 0.379 e. The molecule has 1 unspecified atom stereocenters. The first kappa shape index (κ1) is 13.9. The van der Waals surface area contributed by atoms with Crippen molar-refractivity contribution in [2.24, 2.45) is 0 Å². The summed E-state index contributed by atoms with van der Waals surface area (Å²) in [6.45, 7) is 1.16. The predicted octanol–water partition coefficient (Wildman–Crippen LogP) is 1.69. The quantitative estimate of drug-likeness (QED) is 0.671. The highest BCUT2D eigenvalue weighted by atomic mass is 32.1. The van der Waals surface area contributed by atoms with Crippen molar-refractivity contribution in [2.75, 3.05) is 13.2 Å². The number of nitro groups is 1. The molecular formula is C13H12N2O5S. The van der Waals surface area contributed by atoms with Crippen LogP contribution < -0.4 is 5.32 Å². The molecule has 1 aromatic rings. The Morgan fingerprint density at radius 1 is 1.48 bits per heavy atom. The SMILES string of the molecule is O=C1C(NCC2CCCO2)=CC(=O)c2sc([N+](=O)[O-])cc21. The third-order valence-corrected chi connectivity index (χ3v) is 4.53. The molecule has 2 heterocycles. The van der Waals surface area contributed by atoms with Gasteiger partial charge in [-0.2, -0.15) is 0 Å². The van der Waals surface area contributed by atoms with E-state index in [1.54, 1.807) is 0 Å². The van der Waals surface area contributed by atoms with Crippen LogP contribution in [0.3, 0.4) is 0 Å². The lowest BCUT2D eigenvalue weighted by molar-refractivity contribution is -0.380. The Morgan fingerprint density at radius 2 is 2.29 bits per heavy atom. The Balaban J connectivity index is 1.78. The maximum atomic E-state index is 12.3. The number of hydrogen-bond donors (Lipinski definition) is 1. The predicted molar refractivity (Wildman–Crippen MR) is 74.7 cm³/mol. The standard InChI is InChI=1S/C13H12N2O5S/c16-10-5-9(14-6-7-2-1-3-20-7)12(17)8-4-11(15(18)19)21-13(8)10/h4-5,7,14H,1-3,6H2. The van der Waals surface area contributed by atoms with Crippen LogP contribution in [-0.2, 0) is 4.74 Å². The first-order valence-corrected chi connectivity index (χ1v) is 7.32. The zero-order valence-electron chi connectivity index (χ0n) is 11.0. The first-order chi connectivity index (χ1) is 10.1. The van der Waals surface area contributed by atoms with E-state index >= 15 is 0 Å². The number of ether oxygens (including phenoxy) is 1. The number of rotatable bonds is 4. The van der Waals surface area contributed by atoms with Gasteiger partial charge in [-0.3, -0.25) is 19.7 Å². The molecule has 1 saturated heterocycles. The van der Waals surface area contributed by atoms with E-state index < -0.39 is 4.92 Å². The average molecular weight is 308 g/mol. The summed E-state index contributed by atoms with van der Waals surface area (Å²) < 4.78 is 5.44. The van der Waals surface area contributed by atoms with Crippen LogP contribution in [-0.4, -0.2) is 35.7 Å². The van der Waals surface area contributed by atoms with Crippen LogP contribution in [0.25, 0.3) is 0 Å². The molecule has 8 heteroatoms. The van der Waals surface area contributed by atoms with Gasteiger partial charge in [0.15, 0.2) is 5.78 Å². The van der Waals surface area contributed by atoms with Crippen molar-refractivity contribution in [1.82, 2.24) is 5.32 Å². The summed E-state index contributed by atoms with van der Waals surface area (Å²) in [5.41, 5.74) is 0.282. The van der Waals surface area contributed by atoms with E-state index in [1.807, 2.05) is 0 Å². The van der Waals surface area contributed by atoms with Crippen LogP contribution in [0.4, 0.5) is 5.00 Å². The molecule has 0 aromatic carbocycles. The summed E-state index contributed by atoms with van der Waals surface area (Å²) in [6, 6.07) is 1.17. The molecule has 0 bridgehead atoms. The third kappa shape index (κ3) is 2.59. The number of hydrogen-bond acceptors (Lipinski definition) is 7. The van der Waals surface area contributed by atoms with Gasteiger partial charge in [-0.05, 0) is 12.8 Å². The van der Waals surface area contributed by atoms with Crippen LogP contribution in [0, 0.1) is 10.1 Å². The fourth-order valence-corrected chi connectivity index (χ4v) is 3.27. The number of allylic oxidation sites excluding steroid dienone is 2. The summed E-state index contributed by atoms with van der Waals surface area (Å²) in [5.74, 6) is -0.760. The highest BCUT2D eigenvalue weighted by Crippen LogP contribution is 2.33. The minimum Gasteiger partial charge on any atom is -0.379 e. The second kappa shape index (κ2) is 5.38. The molecule has 0 radical (unpaired) electrons. The van der Waals surface area contributed by atoms with Crippen LogP contribution in [0.1, 0.15) is 32.9 Å². The molecule has 110 valence electrons. The maximum absolute atomic E-state index is 12.3. The molecule has 21 heavy (non-hydrogen) atoms. The molecule has 0 spiro atoms. The van der Waals surface area contributed by atoms with Gasteiger partial charge in [0.1, 0.15) is 0 Å². The molecule has 7 nitrogen and oxygen atoms in total. The van der Waals surface area contributed by atoms with Gasteiger partial charge in [-0.25, -0.2) is 0 Å². The molecular weight excluding hydrogens is 296 g/mol. The monoisotopic (exact) mass is 308 g/mol. The van der Waals surface area contributed by atoms with E-state index in [1.165, 1.54) is 12.1 Å². The number of carbonyl (C=O) groups is 2. The molecule has 1 fully saturated rings. The van der Waals surface area contributed by atoms with Gasteiger partial charge < -0.3 is 10.1 Å². The molecule has 0 saturated carbocycles. The Morgan fingerprint density at radius 3 is 2.95 bits per heavy atom. The van der Waals surface area contributed by atoms with Crippen molar-refractivity contribution >= 4 is 27.9 Å². The highest BCUT2D eigenvalue weighted by molar-refractivity contribution is 7.17. The maximum Gasteiger partial charge on any atom is 0.325 e. The van der Waals surface area contributed by atoms with Crippen molar-refractivity contribution in [3.8, 4) is 0 Å². The van der Waals surface area contributed by atoms with Crippen LogP contribution in [0.2, 0.25) is 0 Å². The number of fused-ring (bicyclic) bond motifs is 1. The summed E-state index contributed by atoms with van der Waals surface area (Å²) in [4.78, 5) is 34.5. The van der Waals surface area contributed by atoms with E-state index in [9.17, 15) is 19.7 Å². The molecule has 1 aliphatic heterocycles. The lowest BCUT2D eigenvalue weighted by Gasteiger charge is -2.16. The number of nitrogens with zero attached hydrogens (tertiary/aromatic N) is 1. The van der Waals surface area contributed by atoms with Crippen molar-refractivity contribution < 1.29 is 19.2 Å². The Labute approximate surface area is 123 Å². The van der Waals surface area contributed by atoms with Gasteiger partial charge in [-0.15, -0.1) is 0 Å². The highest BCUT2D eigenvalue weighted by Gasteiger charge is 2.31. The third-order valence-electron chi connectivity index (χ3n) is 3.43. The van der Waals surface area contributed by atoms with Gasteiger partial charge in [-0.1, -0.05) is 11.3 Å².